The number of benzene rings is 1. The van der Waals surface area contributed by atoms with E-state index in [0.717, 1.165) is 36.5 Å². The zero-order valence-corrected chi connectivity index (χ0v) is 14.6. The van der Waals surface area contributed by atoms with E-state index in [1.54, 1.807) is 30.0 Å². The molecule has 1 aliphatic heterocycles. The number of pyridine rings is 1. The van der Waals surface area contributed by atoms with Crippen molar-refractivity contribution in [3.63, 3.8) is 0 Å². The minimum atomic E-state index is -0.235. The van der Waals surface area contributed by atoms with E-state index in [1.807, 2.05) is 17.0 Å². The number of likely N-dealkylation sites (tertiary alicyclic amines) is 1. The zero-order valence-electron chi connectivity index (χ0n) is 13.7. The van der Waals surface area contributed by atoms with Gasteiger partial charge < -0.3 is 4.90 Å². The van der Waals surface area contributed by atoms with Gasteiger partial charge in [0.2, 0.25) is 0 Å². The highest BCUT2D eigenvalue weighted by atomic mass is 32.2. The highest BCUT2D eigenvalue weighted by Crippen LogP contribution is 2.23. The molecule has 3 nitrogen and oxygen atoms in total. The highest BCUT2D eigenvalue weighted by molar-refractivity contribution is 7.98. The van der Waals surface area contributed by atoms with Crippen LogP contribution >= 0.6 is 11.8 Å². The SMILES string of the molecule is CC1CCN(C(=O)c2cccc(CSc3ccc(F)cc3)n2)CC1. The van der Waals surface area contributed by atoms with Crippen LogP contribution in [-0.4, -0.2) is 28.9 Å². The third kappa shape index (κ3) is 4.35. The quantitative estimate of drug-likeness (QED) is 0.772. The molecular weight excluding hydrogens is 323 g/mol. The van der Waals surface area contributed by atoms with Gasteiger partial charge in [0.05, 0.1) is 5.69 Å². The molecule has 0 aliphatic carbocycles. The number of nitrogens with zero attached hydrogens (tertiary/aromatic N) is 2. The number of hydrogen-bond donors (Lipinski definition) is 0. The van der Waals surface area contributed by atoms with Crippen LogP contribution in [0.2, 0.25) is 0 Å². The molecule has 1 saturated heterocycles. The zero-order chi connectivity index (χ0) is 16.9. The first-order valence-electron chi connectivity index (χ1n) is 8.25. The van der Waals surface area contributed by atoms with E-state index in [9.17, 15) is 9.18 Å². The molecule has 0 unspecified atom stereocenters. The Morgan fingerprint density at radius 2 is 1.92 bits per heavy atom. The molecule has 1 aromatic carbocycles. The number of amides is 1. The summed E-state index contributed by atoms with van der Waals surface area (Å²) < 4.78 is 12.9. The second kappa shape index (κ2) is 7.79. The molecule has 1 amide bonds. The van der Waals surface area contributed by atoms with E-state index in [-0.39, 0.29) is 11.7 Å². The average molecular weight is 344 g/mol. The maximum atomic E-state index is 12.9. The van der Waals surface area contributed by atoms with Crippen LogP contribution in [-0.2, 0) is 5.75 Å². The van der Waals surface area contributed by atoms with Crippen molar-refractivity contribution < 1.29 is 9.18 Å². The average Bonchev–Trinajstić information content (AvgIpc) is 2.61. The van der Waals surface area contributed by atoms with E-state index < -0.39 is 0 Å². The largest absolute Gasteiger partial charge is 0.337 e. The van der Waals surface area contributed by atoms with Gasteiger partial charge in [-0.1, -0.05) is 13.0 Å². The Balaban J connectivity index is 1.63. The summed E-state index contributed by atoms with van der Waals surface area (Å²) in [6, 6.07) is 12.0. The number of aromatic nitrogens is 1. The fourth-order valence-electron chi connectivity index (χ4n) is 2.74. The van der Waals surface area contributed by atoms with Crippen molar-refractivity contribution >= 4 is 17.7 Å². The Hall–Kier alpha value is -1.88. The summed E-state index contributed by atoms with van der Waals surface area (Å²) in [7, 11) is 0. The minimum absolute atomic E-state index is 0.0236. The lowest BCUT2D eigenvalue weighted by molar-refractivity contribution is 0.0691. The van der Waals surface area contributed by atoms with Crippen molar-refractivity contribution in [1.29, 1.82) is 0 Å². The lowest BCUT2D eigenvalue weighted by Crippen LogP contribution is -2.38. The van der Waals surface area contributed by atoms with Gasteiger partial charge in [-0.15, -0.1) is 11.8 Å². The van der Waals surface area contributed by atoms with Gasteiger partial charge in [0.15, 0.2) is 0 Å². The molecule has 0 N–H and O–H groups in total. The first-order valence-corrected chi connectivity index (χ1v) is 9.24. The third-order valence-electron chi connectivity index (χ3n) is 4.30. The summed E-state index contributed by atoms with van der Waals surface area (Å²) in [6.45, 7) is 3.86. The minimum Gasteiger partial charge on any atom is -0.337 e. The maximum Gasteiger partial charge on any atom is 0.272 e. The molecule has 0 bridgehead atoms. The van der Waals surface area contributed by atoms with E-state index >= 15 is 0 Å². The van der Waals surface area contributed by atoms with Crippen LogP contribution in [0.1, 0.15) is 35.9 Å². The van der Waals surface area contributed by atoms with Gasteiger partial charge in [-0.25, -0.2) is 9.37 Å². The van der Waals surface area contributed by atoms with Crippen molar-refractivity contribution in [2.24, 2.45) is 5.92 Å². The fourth-order valence-corrected chi connectivity index (χ4v) is 3.54. The summed E-state index contributed by atoms with van der Waals surface area (Å²) in [5, 5.41) is 0. The topological polar surface area (TPSA) is 33.2 Å². The molecule has 2 heterocycles. The molecule has 3 rings (SSSR count). The molecule has 0 saturated carbocycles. The van der Waals surface area contributed by atoms with Crippen LogP contribution in [0.4, 0.5) is 4.39 Å². The Kier molecular flexibility index (Phi) is 5.51. The monoisotopic (exact) mass is 344 g/mol. The van der Waals surface area contributed by atoms with Crippen LogP contribution in [0.25, 0.3) is 0 Å². The number of thioether (sulfide) groups is 1. The first-order chi connectivity index (χ1) is 11.6. The van der Waals surface area contributed by atoms with E-state index in [0.29, 0.717) is 17.4 Å². The molecule has 1 aromatic heterocycles. The number of piperidine rings is 1. The smallest absolute Gasteiger partial charge is 0.272 e. The van der Waals surface area contributed by atoms with Gasteiger partial charge in [0, 0.05) is 23.7 Å². The van der Waals surface area contributed by atoms with Crippen LogP contribution < -0.4 is 0 Å². The molecule has 24 heavy (non-hydrogen) atoms. The third-order valence-corrected chi connectivity index (χ3v) is 5.34. The second-order valence-corrected chi connectivity index (χ2v) is 7.28. The molecular formula is C19H21FN2OS. The summed E-state index contributed by atoms with van der Waals surface area (Å²) in [4.78, 5) is 20.0. The molecule has 2 aromatic rings. The van der Waals surface area contributed by atoms with Crippen molar-refractivity contribution in [1.82, 2.24) is 9.88 Å². The molecule has 1 fully saturated rings. The molecule has 1 aliphatic rings. The van der Waals surface area contributed by atoms with Crippen molar-refractivity contribution in [2.75, 3.05) is 13.1 Å². The van der Waals surface area contributed by atoms with E-state index in [2.05, 4.69) is 11.9 Å². The van der Waals surface area contributed by atoms with Crippen molar-refractivity contribution in [2.45, 2.75) is 30.4 Å². The van der Waals surface area contributed by atoms with Crippen molar-refractivity contribution in [3.05, 3.63) is 59.7 Å². The Morgan fingerprint density at radius 1 is 1.21 bits per heavy atom. The normalized spacial score (nSPS) is 15.5. The summed E-state index contributed by atoms with van der Waals surface area (Å²) in [5.41, 5.74) is 1.38. The van der Waals surface area contributed by atoms with Gasteiger partial charge in [0.1, 0.15) is 11.5 Å². The van der Waals surface area contributed by atoms with Gasteiger partial charge >= 0.3 is 0 Å². The van der Waals surface area contributed by atoms with Gasteiger partial charge in [-0.3, -0.25) is 4.79 Å². The van der Waals surface area contributed by atoms with Gasteiger partial charge in [-0.05, 0) is 55.2 Å². The molecule has 0 atom stereocenters. The predicted octanol–water partition coefficient (Wildman–Crippen LogP) is 4.39. The summed E-state index contributed by atoms with van der Waals surface area (Å²) >= 11 is 1.58. The standard InChI is InChI=1S/C19H21FN2OS/c1-14-9-11-22(12-10-14)19(23)18-4-2-3-16(21-18)13-24-17-7-5-15(20)6-8-17/h2-8,14H,9-13H2,1H3. The van der Waals surface area contributed by atoms with E-state index in [1.165, 1.54) is 12.1 Å². The summed E-state index contributed by atoms with van der Waals surface area (Å²) in [6.07, 6.45) is 2.12. The maximum absolute atomic E-state index is 12.9. The van der Waals surface area contributed by atoms with Crippen LogP contribution in [0.15, 0.2) is 47.4 Å². The lowest BCUT2D eigenvalue weighted by Gasteiger charge is -2.30. The second-order valence-electron chi connectivity index (χ2n) is 6.23. The highest BCUT2D eigenvalue weighted by Gasteiger charge is 2.22. The number of halogens is 1. The van der Waals surface area contributed by atoms with Crippen molar-refractivity contribution in [3.8, 4) is 0 Å². The van der Waals surface area contributed by atoms with Gasteiger partial charge in [-0.2, -0.15) is 0 Å². The number of carbonyl (C=O) groups excluding carboxylic acids is 1. The molecule has 0 spiro atoms. The number of hydrogen-bond acceptors (Lipinski definition) is 3. The van der Waals surface area contributed by atoms with E-state index in [4.69, 9.17) is 0 Å². The van der Waals surface area contributed by atoms with Crippen LogP contribution in [0.5, 0.6) is 0 Å². The van der Waals surface area contributed by atoms with Gasteiger partial charge in [0.25, 0.3) is 5.91 Å². The molecule has 0 radical (unpaired) electrons. The predicted molar refractivity (Wildman–Crippen MR) is 94.5 cm³/mol. The number of carbonyl (C=O) groups is 1. The molecule has 126 valence electrons. The fraction of sp³-hybridized carbons (Fsp3) is 0.368. The molecule has 5 heteroatoms. The summed E-state index contributed by atoms with van der Waals surface area (Å²) in [5.74, 6) is 1.14. The Morgan fingerprint density at radius 3 is 2.62 bits per heavy atom. The Labute approximate surface area is 146 Å². The van der Waals surface area contributed by atoms with Crippen LogP contribution in [0.3, 0.4) is 0 Å². The van der Waals surface area contributed by atoms with Crippen LogP contribution in [0, 0.1) is 11.7 Å². The lowest BCUT2D eigenvalue weighted by atomic mass is 9.99. The Bertz CT molecular complexity index is 697. The first kappa shape index (κ1) is 17.0. The number of rotatable bonds is 4.